The molecule has 0 aliphatic heterocycles. The molecule has 3 atom stereocenters. The van der Waals surface area contributed by atoms with Crippen molar-refractivity contribution in [2.75, 3.05) is 25.1 Å². The first kappa shape index (κ1) is 34.8. The standard InChI is InChI=1S/C36H49N5O5S/c1-47-12-11-30(41-33(44)29(37)16-24-7-9-28(42)10-8-24)34(45)38-21-32(43)40-31(17-23-5-3-2-4-6-23)35(46)39-22-36-18-25-13-26(19-36)15-27(14-25)20-36/h2-10,25-27,29-31,42H,11-22,37H2,1H3,(H,38,45)(H,39,46)(H,40,43)(H,41,44)/t25?,26?,27?,29-,30+,31-,36?/m0/s1. The fourth-order valence-corrected chi connectivity index (χ4v) is 8.73. The summed E-state index contributed by atoms with van der Waals surface area (Å²) in [4.78, 5) is 52.8. The number of benzene rings is 2. The lowest BCUT2D eigenvalue weighted by Gasteiger charge is -2.57. The Hall–Kier alpha value is -3.57. The number of aromatic hydroxyl groups is 1. The number of carbonyl (C=O) groups excluding carboxylic acids is 4. The number of hydrogen-bond donors (Lipinski definition) is 6. The molecule has 10 nitrogen and oxygen atoms in total. The summed E-state index contributed by atoms with van der Waals surface area (Å²) < 4.78 is 0. The van der Waals surface area contributed by atoms with E-state index in [9.17, 15) is 24.3 Å². The average Bonchev–Trinajstić information content (AvgIpc) is 3.05. The van der Waals surface area contributed by atoms with Gasteiger partial charge in [-0.2, -0.15) is 11.8 Å². The normalized spacial score (nSPS) is 24.5. The molecule has 0 spiro atoms. The van der Waals surface area contributed by atoms with E-state index < -0.39 is 35.8 Å². The maximum atomic E-state index is 13.6. The Morgan fingerprint density at radius 1 is 0.809 bits per heavy atom. The second-order valence-corrected chi connectivity index (χ2v) is 15.0. The summed E-state index contributed by atoms with van der Waals surface area (Å²) in [7, 11) is 0. The zero-order chi connectivity index (χ0) is 33.4. The highest BCUT2D eigenvalue weighted by molar-refractivity contribution is 7.98. The lowest BCUT2D eigenvalue weighted by molar-refractivity contribution is -0.132. The molecule has 2 aromatic rings. The molecule has 4 aliphatic rings. The molecule has 6 rings (SSSR count). The van der Waals surface area contributed by atoms with Crippen LogP contribution in [-0.4, -0.2) is 72.0 Å². The van der Waals surface area contributed by atoms with E-state index in [0.29, 0.717) is 25.1 Å². The van der Waals surface area contributed by atoms with Crippen molar-refractivity contribution in [3.63, 3.8) is 0 Å². The minimum Gasteiger partial charge on any atom is -0.508 e. The summed E-state index contributed by atoms with van der Waals surface area (Å²) in [6.45, 7) is 0.302. The summed E-state index contributed by atoms with van der Waals surface area (Å²) in [5.74, 6) is 1.39. The van der Waals surface area contributed by atoms with Gasteiger partial charge in [-0.3, -0.25) is 19.2 Å². The first-order chi connectivity index (χ1) is 22.6. The highest BCUT2D eigenvalue weighted by Gasteiger charge is 2.50. The van der Waals surface area contributed by atoms with Crippen molar-refractivity contribution < 1.29 is 24.3 Å². The Balaban J connectivity index is 1.15. The van der Waals surface area contributed by atoms with E-state index in [0.717, 1.165) is 28.9 Å². The zero-order valence-electron chi connectivity index (χ0n) is 27.2. The number of nitrogens with two attached hydrogens (primary N) is 1. The smallest absolute Gasteiger partial charge is 0.243 e. The van der Waals surface area contributed by atoms with Gasteiger partial charge in [-0.25, -0.2) is 0 Å². The summed E-state index contributed by atoms with van der Waals surface area (Å²) in [5.41, 5.74) is 8.00. The van der Waals surface area contributed by atoms with Crippen LogP contribution in [0.4, 0.5) is 0 Å². The van der Waals surface area contributed by atoms with Gasteiger partial charge in [0.25, 0.3) is 0 Å². The molecule has 0 heterocycles. The van der Waals surface area contributed by atoms with Gasteiger partial charge in [0.05, 0.1) is 12.6 Å². The fraction of sp³-hybridized carbons (Fsp3) is 0.556. The number of nitrogens with one attached hydrogen (secondary N) is 4. The van der Waals surface area contributed by atoms with Crippen molar-refractivity contribution in [2.24, 2.45) is 28.9 Å². The first-order valence-electron chi connectivity index (χ1n) is 16.8. The molecular formula is C36H49N5O5S. The van der Waals surface area contributed by atoms with Gasteiger partial charge >= 0.3 is 0 Å². The molecule has 7 N–H and O–H groups in total. The van der Waals surface area contributed by atoms with Crippen molar-refractivity contribution in [1.82, 2.24) is 21.3 Å². The highest BCUT2D eigenvalue weighted by atomic mass is 32.2. The van der Waals surface area contributed by atoms with Gasteiger partial charge in [-0.05, 0) is 110 Å². The molecule has 4 amide bonds. The number of rotatable bonds is 16. The molecule has 4 bridgehead atoms. The number of phenols is 1. The van der Waals surface area contributed by atoms with Crippen LogP contribution in [0.3, 0.4) is 0 Å². The van der Waals surface area contributed by atoms with Gasteiger partial charge in [0, 0.05) is 13.0 Å². The SMILES string of the molecule is CSCC[C@@H](NC(=O)[C@@H](N)Cc1ccc(O)cc1)C(=O)NCC(=O)N[C@@H](Cc1ccccc1)C(=O)NCC12CC3CC(CC(C3)C1)C2. The molecule has 0 saturated heterocycles. The number of thioether (sulfide) groups is 1. The van der Waals surface area contributed by atoms with Crippen LogP contribution in [0.25, 0.3) is 0 Å². The van der Waals surface area contributed by atoms with Crippen LogP contribution in [0.2, 0.25) is 0 Å². The third-order valence-electron chi connectivity index (χ3n) is 10.1. The molecule has 0 aromatic heterocycles. The second-order valence-electron chi connectivity index (χ2n) is 14.0. The van der Waals surface area contributed by atoms with Crippen molar-refractivity contribution in [1.29, 1.82) is 0 Å². The molecule has 0 radical (unpaired) electrons. The first-order valence-corrected chi connectivity index (χ1v) is 18.2. The molecule has 11 heteroatoms. The number of carbonyl (C=O) groups is 4. The lowest BCUT2D eigenvalue weighted by Crippen LogP contribution is -2.56. The quantitative estimate of drug-likeness (QED) is 0.161. The third kappa shape index (κ3) is 9.73. The fourth-order valence-electron chi connectivity index (χ4n) is 8.26. The van der Waals surface area contributed by atoms with Gasteiger partial charge in [0.15, 0.2) is 0 Å². The van der Waals surface area contributed by atoms with E-state index in [4.69, 9.17) is 5.73 Å². The molecular weight excluding hydrogens is 614 g/mol. The van der Waals surface area contributed by atoms with Gasteiger partial charge in [0.2, 0.25) is 23.6 Å². The van der Waals surface area contributed by atoms with E-state index in [2.05, 4.69) is 21.3 Å². The summed E-state index contributed by atoms with van der Waals surface area (Å²) in [6.07, 6.45) is 10.4. The Morgan fingerprint density at radius 2 is 1.40 bits per heavy atom. The molecule has 4 aliphatic carbocycles. The number of phenolic OH excluding ortho intramolecular Hbond substituents is 1. The van der Waals surface area contributed by atoms with Crippen LogP contribution < -0.4 is 27.0 Å². The van der Waals surface area contributed by atoms with Crippen molar-refractivity contribution >= 4 is 35.4 Å². The van der Waals surface area contributed by atoms with E-state index in [1.54, 1.807) is 12.1 Å². The minimum absolute atomic E-state index is 0.120. The van der Waals surface area contributed by atoms with Gasteiger partial charge in [0.1, 0.15) is 17.8 Å². The van der Waals surface area contributed by atoms with Crippen LogP contribution in [-0.2, 0) is 32.0 Å². The number of amides is 4. The van der Waals surface area contributed by atoms with E-state index >= 15 is 0 Å². The van der Waals surface area contributed by atoms with Crippen LogP contribution in [0, 0.1) is 23.2 Å². The van der Waals surface area contributed by atoms with E-state index in [-0.39, 0.29) is 30.0 Å². The van der Waals surface area contributed by atoms with Crippen LogP contribution >= 0.6 is 11.8 Å². The predicted octanol–water partition coefficient (Wildman–Crippen LogP) is 2.68. The molecule has 4 fully saturated rings. The van der Waals surface area contributed by atoms with E-state index in [1.807, 2.05) is 36.6 Å². The minimum atomic E-state index is -0.900. The molecule has 254 valence electrons. The van der Waals surface area contributed by atoms with Gasteiger partial charge in [-0.1, -0.05) is 42.5 Å². The van der Waals surface area contributed by atoms with Crippen molar-refractivity contribution in [3.8, 4) is 5.75 Å². The highest BCUT2D eigenvalue weighted by Crippen LogP contribution is 2.59. The Kier molecular flexibility index (Phi) is 11.8. The monoisotopic (exact) mass is 663 g/mol. The average molecular weight is 664 g/mol. The largest absolute Gasteiger partial charge is 0.508 e. The van der Waals surface area contributed by atoms with Crippen LogP contribution in [0.1, 0.15) is 56.1 Å². The lowest BCUT2D eigenvalue weighted by atomic mass is 9.49. The Bertz CT molecular complexity index is 1350. The van der Waals surface area contributed by atoms with Crippen LogP contribution in [0.15, 0.2) is 54.6 Å². The third-order valence-corrected chi connectivity index (χ3v) is 10.8. The second kappa shape index (κ2) is 16.0. The maximum Gasteiger partial charge on any atom is 0.243 e. The summed E-state index contributed by atoms with van der Waals surface area (Å²) in [5, 5.41) is 20.9. The zero-order valence-corrected chi connectivity index (χ0v) is 28.0. The number of hydrogen-bond acceptors (Lipinski definition) is 7. The molecule has 47 heavy (non-hydrogen) atoms. The van der Waals surface area contributed by atoms with Gasteiger partial charge < -0.3 is 32.1 Å². The Morgan fingerprint density at radius 3 is 2.02 bits per heavy atom. The maximum absolute atomic E-state index is 13.6. The van der Waals surface area contributed by atoms with Crippen LogP contribution in [0.5, 0.6) is 5.75 Å². The molecule has 2 aromatic carbocycles. The molecule has 0 unspecified atom stereocenters. The topological polar surface area (TPSA) is 163 Å². The van der Waals surface area contributed by atoms with Gasteiger partial charge in [-0.15, -0.1) is 0 Å². The Labute approximate surface area is 281 Å². The summed E-state index contributed by atoms with van der Waals surface area (Å²) >= 11 is 1.54. The van der Waals surface area contributed by atoms with Crippen molar-refractivity contribution in [3.05, 3.63) is 65.7 Å². The molecule has 4 saturated carbocycles. The van der Waals surface area contributed by atoms with E-state index in [1.165, 1.54) is 62.4 Å². The predicted molar refractivity (Wildman–Crippen MR) is 183 cm³/mol. The summed E-state index contributed by atoms with van der Waals surface area (Å²) in [6, 6.07) is 13.4. The van der Waals surface area contributed by atoms with Crippen molar-refractivity contribution in [2.45, 2.75) is 75.9 Å².